The Balaban J connectivity index is 1.20. The number of carbonyl (C=O) groups is 1. The van der Waals surface area contributed by atoms with E-state index < -0.39 is 29.5 Å². The zero-order valence-electron chi connectivity index (χ0n) is 27.8. The summed E-state index contributed by atoms with van der Waals surface area (Å²) in [7, 11) is 3.08. The summed E-state index contributed by atoms with van der Waals surface area (Å²) < 4.78 is 25.8. The van der Waals surface area contributed by atoms with Crippen molar-refractivity contribution in [3.05, 3.63) is 167 Å². The van der Waals surface area contributed by atoms with Crippen molar-refractivity contribution in [1.29, 1.82) is 0 Å². The Labute approximate surface area is 287 Å². The average Bonchev–Trinajstić information content (AvgIpc) is 3.76. The van der Waals surface area contributed by atoms with Gasteiger partial charge < -0.3 is 29.0 Å². The zero-order valence-corrected chi connectivity index (χ0v) is 27.8. The Morgan fingerprint density at radius 2 is 1.12 bits per heavy atom. The smallest absolute Gasteiger partial charge is 0.409 e. The molecule has 1 saturated heterocycles. The van der Waals surface area contributed by atoms with Crippen molar-refractivity contribution < 1.29 is 28.8 Å². The van der Waals surface area contributed by atoms with Crippen LogP contribution in [0.4, 0.5) is 4.79 Å². The van der Waals surface area contributed by atoms with Crippen LogP contribution < -0.4 is 0 Å². The van der Waals surface area contributed by atoms with E-state index in [1.165, 1.54) is 11.1 Å². The summed E-state index contributed by atoms with van der Waals surface area (Å²) in [4.78, 5) is 15.4. The van der Waals surface area contributed by atoms with Gasteiger partial charge in [-0.25, -0.2) is 4.79 Å². The molecule has 7 heteroatoms. The zero-order chi connectivity index (χ0) is 33.8. The van der Waals surface area contributed by atoms with Gasteiger partial charge in [-0.3, -0.25) is 0 Å². The third-order valence-electron chi connectivity index (χ3n) is 10.1. The van der Waals surface area contributed by atoms with E-state index in [1.54, 1.807) is 19.1 Å². The number of likely N-dealkylation sites (tertiary alicyclic amines) is 1. The molecule has 1 aliphatic carbocycles. The number of hydrogen-bond acceptors (Lipinski definition) is 6. The predicted octanol–water partition coefficient (Wildman–Crippen LogP) is 7.43. The van der Waals surface area contributed by atoms with E-state index in [1.807, 2.05) is 115 Å². The molecular weight excluding hydrogens is 614 g/mol. The lowest BCUT2D eigenvalue weighted by molar-refractivity contribution is -0.414. The number of amides is 1. The van der Waals surface area contributed by atoms with Gasteiger partial charge in [-0.1, -0.05) is 140 Å². The van der Waals surface area contributed by atoms with Crippen LogP contribution in [0.2, 0.25) is 0 Å². The van der Waals surface area contributed by atoms with Gasteiger partial charge in [0.25, 0.3) is 5.97 Å². The summed E-state index contributed by atoms with van der Waals surface area (Å²) in [5.41, 5.74) is 6.08. The molecule has 0 saturated carbocycles. The van der Waals surface area contributed by atoms with Crippen molar-refractivity contribution in [1.82, 2.24) is 4.90 Å². The van der Waals surface area contributed by atoms with E-state index in [2.05, 4.69) is 24.3 Å². The minimum Gasteiger partial charge on any atom is -0.448 e. The van der Waals surface area contributed by atoms with Crippen LogP contribution in [0.25, 0.3) is 11.1 Å². The SMILES string of the molecule is COC(OC)(OC(c1ccccc1)(c1ccccc1)c1ccccc1)[C@H]1CN(C(=O)OCC2c3ccccc3-c3ccccc32)C[C@@H]1CO. The first kappa shape index (κ1) is 32.7. The Bertz CT molecular complexity index is 1720. The Hall–Kier alpha value is -4.79. The molecule has 0 unspecified atom stereocenters. The molecule has 2 aliphatic rings. The molecule has 5 aromatic rings. The first-order valence-electron chi connectivity index (χ1n) is 16.7. The van der Waals surface area contributed by atoms with Crippen LogP contribution in [0.3, 0.4) is 0 Å². The van der Waals surface area contributed by atoms with E-state index in [0.29, 0.717) is 0 Å². The van der Waals surface area contributed by atoms with Gasteiger partial charge in [-0.15, -0.1) is 0 Å². The second-order valence-electron chi connectivity index (χ2n) is 12.7. The number of carbonyl (C=O) groups excluding carboxylic acids is 1. The van der Waals surface area contributed by atoms with Crippen molar-refractivity contribution in [2.45, 2.75) is 17.5 Å². The summed E-state index contributed by atoms with van der Waals surface area (Å²) in [6.07, 6.45) is -0.454. The van der Waals surface area contributed by atoms with Crippen LogP contribution in [0.15, 0.2) is 140 Å². The standard InChI is InChI=1S/C42H41NO6/c1-46-42(47-2,49-41(31-16-6-3-7-17-31,32-18-8-4-9-19-32)33-20-10-5-11-21-33)39-27-43(26-30(39)28-44)40(45)48-29-38-36-24-14-12-22-34(36)35-23-13-15-25-37(35)38/h3-25,30,38-39,44H,26-29H2,1-2H3/t30-,39+/m1/s1. The van der Waals surface area contributed by atoms with Crippen LogP contribution >= 0.6 is 0 Å². The highest BCUT2D eigenvalue weighted by Crippen LogP contribution is 2.48. The van der Waals surface area contributed by atoms with Crippen LogP contribution in [0.5, 0.6) is 0 Å². The fraction of sp³-hybridized carbons (Fsp3) is 0.262. The van der Waals surface area contributed by atoms with Gasteiger partial charge in [-0.2, -0.15) is 0 Å². The summed E-state index contributed by atoms with van der Waals surface area (Å²) in [6.45, 7) is 0.445. The fourth-order valence-corrected chi connectivity index (χ4v) is 7.75. The number of nitrogens with zero attached hydrogens (tertiary/aromatic N) is 1. The number of hydrogen-bond donors (Lipinski definition) is 1. The molecule has 1 amide bonds. The third-order valence-corrected chi connectivity index (χ3v) is 10.1. The number of ether oxygens (including phenoxy) is 4. The van der Waals surface area contributed by atoms with E-state index in [-0.39, 0.29) is 32.2 Å². The van der Waals surface area contributed by atoms with Gasteiger partial charge in [-0.05, 0) is 38.9 Å². The molecule has 5 aromatic carbocycles. The summed E-state index contributed by atoms with van der Waals surface area (Å²) >= 11 is 0. The van der Waals surface area contributed by atoms with Crippen molar-refractivity contribution >= 4 is 6.09 Å². The van der Waals surface area contributed by atoms with Crippen LogP contribution in [0.1, 0.15) is 33.7 Å². The second-order valence-corrected chi connectivity index (χ2v) is 12.7. The number of fused-ring (bicyclic) bond motifs is 3. The molecule has 1 aliphatic heterocycles. The number of aliphatic hydroxyl groups excluding tert-OH is 1. The van der Waals surface area contributed by atoms with Crippen molar-refractivity contribution in [3.63, 3.8) is 0 Å². The lowest BCUT2D eigenvalue weighted by atomic mass is 9.79. The average molecular weight is 656 g/mol. The predicted molar refractivity (Wildman–Crippen MR) is 188 cm³/mol. The number of benzene rings is 5. The minimum absolute atomic E-state index is 0.0630. The van der Waals surface area contributed by atoms with Gasteiger partial charge >= 0.3 is 6.09 Å². The van der Waals surface area contributed by atoms with E-state index in [0.717, 1.165) is 27.8 Å². The highest BCUT2D eigenvalue weighted by molar-refractivity contribution is 5.79. The highest BCUT2D eigenvalue weighted by Gasteiger charge is 2.56. The molecule has 1 heterocycles. The van der Waals surface area contributed by atoms with Crippen molar-refractivity contribution in [2.24, 2.45) is 11.8 Å². The largest absolute Gasteiger partial charge is 0.448 e. The van der Waals surface area contributed by atoms with Crippen molar-refractivity contribution in [2.75, 3.05) is 40.5 Å². The topological polar surface area (TPSA) is 77.5 Å². The molecule has 1 N–H and O–H groups in total. The molecule has 0 radical (unpaired) electrons. The molecule has 7 nitrogen and oxygen atoms in total. The van der Waals surface area contributed by atoms with Gasteiger partial charge in [0.1, 0.15) is 12.2 Å². The Morgan fingerprint density at radius 1 is 0.673 bits per heavy atom. The molecule has 1 fully saturated rings. The first-order valence-corrected chi connectivity index (χ1v) is 16.7. The van der Waals surface area contributed by atoms with Crippen molar-refractivity contribution in [3.8, 4) is 11.1 Å². The van der Waals surface area contributed by atoms with E-state index in [9.17, 15) is 9.90 Å². The summed E-state index contributed by atoms with van der Waals surface area (Å²) in [5.74, 6) is -2.72. The minimum atomic E-state index is -1.67. The van der Waals surface area contributed by atoms with Gasteiger partial charge in [0, 0.05) is 45.8 Å². The molecule has 2 atom stereocenters. The highest BCUT2D eigenvalue weighted by atomic mass is 16.9. The maximum atomic E-state index is 13.8. The van der Waals surface area contributed by atoms with Crippen LogP contribution in [-0.2, 0) is 24.5 Å². The molecular formula is C42H41NO6. The lowest BCUT2D eigenvalue weighted by Gasteiger charge is -2.46. The Morgan fingerprint density at radius 3 is 1.57 bits per heavy atom. The van der Waals surface area contributed by atoms with E-state index >= 15 is 0 Å². The summed E-state index contributed by atoms with van der Waals surface area (Å²) in [5, 5.41) is 10.7. The number of methoxy groups -OCH3 is 2. The number of aliphatic hydroxyl groups is 1. The quantitative estimate of drug-likeness (QED) is 0.118. The normalized spacial score (nSPS) is 17.5. The maximum Gasteiger partial charge on any atom is 0.409 e. The lowest BCUT2D eigenvalue weighted by Crippen LogP contribution is -2.54. The Kier molecular flexibility index (Phi) is 9.34. The number of rotatable bonds is 11. The maximum absolute atomic E-state index is 13.8. The molecule has 7 rings (SSSR count). The van der Waals surface area contributed by atoms with Gasteiger partial charge in [0.2, 0.25) is 0 Å². The van der Waals surface area contributed by atoms with Crippen LogP contribution in [-0.4, -0.2) is 62.6 Å². The van der Waals surface area contributed by atoms with E-state index in [4.69, 9.17) is 18.9 Å². The molecule has 49 heavy (non-hydrogen) atoms. The van der Waals surface area contributed by atoms with Gasteiger partial charge in [0.05, 0.1) is 5.92 Å². The molecule has 250 valence electrons. The molecule has 0 spiro atoms. The third kappa shape index (κ3) is 5.83. The first-order chi connectivity index (χ1) is 24.0. The fourth-order valence-electron chi connectivity index (χ4n) is 7.75. The second kappa shape index (κ2) is 14.0. The van der Waals surface area contributed by atoms with Gasteiger partial charge in [0.15, 0.2) is 0 Å². The summed E-state index contributed by atoms with van der Waals surface area (Å²) in [6, 6.07) is 46.5. The monoisotopic (exact) mass is 655 g/mol. The molecule has 0 aromatic heterocycles. The molecule has 0 bridgehead atoms. The van der Waals surface area contributed by atoms with Crippen LogP contribution in [0, 0.1) is 11.8 Å².